The van der Waals surface area contributed by atoms with E-state index in [0.717, 1.165) is 0 Å². The summed E-state index contributed by atoms with van der Waals surface area (Å²) in [6.45, 7) is 2.72. The highest BCUT2D eigenvalue weighted by Gasteiger charge is 2.29. The van der Waals surface area contributed by atoms with E-state index in [1.165, 1.54) is 6.92 Å². The van der Waals surface area contributed by atoms with Gasteiger partial charge < -0.3 is 10.2 Å². The van der Waals surface area contributed by atoms with Gasteiger partial charge in [-0.3, -0.25) is 9.69 Å². The van der Waals surface area contributed by atoms with Gasteiger partial charge in [0.25, 0.3) is 0 Å². The van der Waals surface area contributed by atoms with Crippen LogP contribution in [0.1, 0.15) is 6.92 Å². The molecule has 4 heteroatoms. The molecule has 4 nitrogen and oxygen atoms in total. The summed E-state index contributed by atoms with van der Waals surface area (Å²) in [5, 5.41) is 18.0. The lowest BCUT2D eigenvalue weighted by molar-refractivity contribution is -0.146. The summed E-state index contributed by atoms with van der Waals surface area (Å²) >= 11 is 0. The van der Waals surface area contributed by atoms with E-state index in [0.29, 0.717) is 13.1 Å². The topological polar surface area (TPSA) is 60.8 Å². The molecule has 2 N–H and O–H groups in total. The average Bonchev–Trinajstić information content (AvgIpc) is 2.37. The van der Waals surface area contributed by atoms with Crippen LogP contribution in [0.15, 0.2) is 12.2 Å². The smallest absolute Gasteiger partial charge is 0.323 e. The maximum atomic E-state index is 10.7. The van der Waals surface area contributed by atoms with Crippen LogP contribution in [0.2, 0.25) is 0 Å². The van der Waals surface area contributed by atoms with Gasteiger partial charge in [-0.15, -0.1) is 0 Å². The van der Waals surface area contributed by atoms with Gasteiger partial charge in [-0.1, -0.05) is 12.2 Å². The van der Waals surface area contributed by atoms with E-state index in [4.69, 9.17) is 5.11 Å². The Hall–Kier alpha value is -0.870. The van der Waals surface area contributed by atoms with E-state index < -0.39 is 18.1 Å². The molecule has 0 aromatic carbocycles. The second-order valence-electron chi connectivity index (χ2n) is 2.95. The summed E-state index contributed by atoms with van der Waals surface area (Å²) in [5.74, 6) is -0.964. The molecule has 12 heavy (non-hydrogen) atoms. The number of aliphatic carboxylic acids is 1. The molecule has 0 aliphatic carbocycles. The quantitative estimate of drug-likeness (QED) is 0.572. The summed E-state index contributed by atoms with van der Waals surface area (Å²) in [5.41, 5.74) is 0. The Labute approximate surface area is 71.1 Å². The van der Waals surface area contributed by atoms with Crippen LogP contribution in [0, 0.1) is 0 Å². The summed E-state index contributed by atoms with van der Waals surface area (Å²) in [4.78, 5) is 12.4. The zero-order valence-electron chi connectivity index (χ0n) is 6.97. The predicted octanol–water partition coefficient (Wildman–Crippen LogP) is -0.308. The Morgan fingerprint density at radius 1 is 1.50 bits per heavy atom. The Balaban J connectivity index is 2.59. The van der Waals surface area contributed by atoms with Crippen LogP contribution >= 0.6 is 0 Å². The Bertz CT molecular complexity index is 192. The summed E-state index contributed by atoms with van der Waals surface area (Å²) in [6, 6.07) is -0.778. The van der Waals surface area contributed by atoms with E-state index in [2.05, 4.69) is 0 Å². The molecule has 0 aromatic rings. The molecule has 0 bridgehead atoms. The number of carbonyl (C=O) groups is 1. The number of rotatable bonds is 3. The Kier molecular flexibility index (Phi) is 2.83. The molecule has 0 amide bonds. The highest BCUT2D eigenvalue weighted by atomic mass is 16.4. The minimum absolute atomic E-state index is 0.613. The third-order valence-corrected chi connectivity index (χ3v) is 1.95. The number of hydrogen-bond donors (Lipinski definition) is 2. The van der Waals surface area contributed by atoms with Crippen LogP contribution in [0.4, 0.5) is 0 Å². The van der Waals surface area contributed by atoms with E-state index in [-0.39, 0.29) is 0 Å². The minimum atomic E-state index is -0.964. The van der Waals surface area contributed by atoms with Crippen LogP contribution < -0.4 is 0 Å². The molecule has 2 unspecified atom stereocenters. The van der Waals surface area contributed by atoms with Crippen molar-refractivity contribution in [2.24, 2.45) is 0 Å². The molecule has 1 aliphatic heterocycles. The molecule has 0 spiro atoms. The second kappa shape index (κ2) is 3.69. The molecule has 1 rings (SSSR count). The standard InChI is InChI=1S/C8H13NO3/c1-6(10)7(8(11)12)9-4-2-3-5-9/h2-3,6-7,10H,4-5H2,1H3,(H,11,12). The number of aliphatic hydroxyl groups is 1. The van der Waals surface area contributed by atoms with Gasteiger partial charge in [0.05, 0.1) is 6.10 Å². The first kappa shape index (κ1) is 9.22. The lowest BCUT2D eigenvalue weighted by Gasteiger charge is -2.25. The molecule has 0 radical (unpaired) electrons. The van der Waals surface area contributed by atoms with E-state index in [9.17, 15) is 9.90 Å². The van der Waals surface area contributed by atoms with Crippen molar-refractivity contribution in [3.8, 4) is 0 Å². The fourth-order valence-electron chi connectivity index (χ4n) is 1.39. The van der Waals surface area contributed by atoms with Crippen molar-refractivity contribution in [1.82, 2.24) is 4.90 Å². The average molecular weight is 171 g/mol. The largest absolute Gasteiger partial charge is 0.480 e. The summed E-state index contributed by atoms with van der Waals surface area (Å²) in [7, 11) is 0. The number of nitrogens with zero attached hydrogens (tertiary/aromatic N) is 1. The summed E-state index contributed by atoms with van der Waals surface area (Å²) < 4.78 is 0. The van der Waals surface area contributed by atoms with Gasteiger partial charge in [-0.2, -0.15) is 0 Å². The molecular weight excluding hydrogens is 158 g/mol. The highest BCUT2D eigenvalue weighted by molar-refractivity contribution is 5.74. The molecule has 0 fully saturated rings. The molecule has 1 aliphatic rings. The zero-order chi connectivity index (χ0) is 9.14. The Morgan fingerprint density at radius 3 is 2.33 bits per heavy atom. The second-order valence-corrected chi connectivity index (χ2v) is 2.95. The first-order valence-electron chi connectivity index (χ1n) is 3.93. The number of aliphatic hydroxyl groups excluding tert-OH is 1. The van der Waals surface area contributed by atoms with Crippen LogP contribution in [-0.4, -0.2) is 46.3 Å². The summed E-state index contributed by atoms with van der Waals surface area (Å²) in [6.07, 6.45) is 2.97. The molecule has 2 atom stereocenters. The third kappa shape index (κ3) is 1.84. The predicted molar refractivity (Wildman–Crippen MR) is 43.8 cm³/mol. The molecule has 0 aromatic heterocycles. The van der Waals surface area contributed by atoms with Gasteiger partial charge in [-0.05, 0) is 6.92 Å². The van der Waals surface area contributed by atoms with Crippen molar-refractivity contribution in [3.63, 3.8) is 0 Å². The number of carboxylic acid groups (broad SMARTS) is 1. The third-order valence-electron chi connectivity index (χ3n) is 1.95. The van der Waals surface area contributed by atoms with Gasteiger partial charge in [0, 0.05) is 13.1 Å². The van der Waals surface area contributed by atoms with Gasteiger partial charge >= 0.3 is 5.97 Å². The van der Waals surface area contributed by atoms with E-state index in [1.807, 2.05) is 12.2 Å². The lowest BCUT2D eigenvalue weighted by atomic mass is 10.1. The van der Waals surface area contributed by atoms with Gasteiger partial charge in [0.15, 0.2) is 0 Å². The van der Waals surface area contributed by atoms with Crippen molar-refractivity contribution < 1.29 is 15.0 Å². The molecule has 68 valence electrons. The SMILES string of the molecule is CC(O)C(C(=O)O)N1CC=CC1. The van der Waals surface area contributed by atoms with Crippen molar-refractivity contribution in [3.05, 3.63) is 12.2 Å². The van der Waals surface area contributed by atoms with Crippen molar-refractivity contribution in [2.75, 3.05) is 13.1 Å². The number of hydrogen-bond acceptors (Lipinski definition) is 3. The fourth-order valence-corrected chi connectivity index (χ4v) is 1.39. The van der Waals surface area contributed by atoms with Crippen molar-refractivity contribution >= 4 is 5.97 Å². The van der Waals surface area contributed by atoms with Crippen LogP contribution in [0.25, 0.3) is 0 Å². The zero-order valence-corrected chi connectivity index (χ0v) is 6.97. The normalized spacial score (nSPS) is 22.5. The van der Waals surface area contributed by atoms with Crippen molar-refractivity contribution in [1.29, 1.82) is 0 Å². The van der Waals surface area contributed by atoms with E-state index >= 15 is 0 Å². The van der Waals surface area contributed by atoms with Crippen molar-refractivity contribution in [2.45, 2.75) is 19.1 Å². The van der Waals surface area contributed by atoms with Gasteiger partial charge in [0.2, 0.25) is 0 Å². The molecule has 0 saturated heterocycles. The Morgan fingerprint density at radius 2 is 2.00 bits per heavy atom. The highest BCUT2D eigenvalue weighted by Crippen LogP contribution is 2.09. The lowest BCUT2D eigenvalue weighted by Crippen LogP contribution is -2.46. The monoisotopic (exact) mass is 171 g/mol. The van der Waals surface area contributed by atoms with Crippen LogP contribution in [0.3, 0.4) is 0 Å². The van der Waals surface area contributed by atoms with Crippen LogP contribution in [-0.2, 0) is 4.79 Å². The first-order chi connectivity index (χ1) is 5.63. The van der Waals surface area contributed by atoms with E-state index in [1.54, 1.807) is 4.90 Å². The molecule has 0 saturated carbocycles. The first-order valence-corrected chi connectivity index (χ1v) is 3.93. The van der Waals surface area contributed by atoms with Gasteiger partial charge in [0.1, 0.15) is 6.04 Å². The maximum Gasteiger partial charge on any atom is 0.323 e. The fraction of sp³-hybridized carbons (Fsp3) is 0.625. The maximum absolute atomic E-state index is 10.7. The van der Waals surface area contributed by atoms with Crippen LogP contribution in [0.5, 0.6) is 0 Å². The molecule has 1 heterocycles. The molecular formula is C8H13NO3. The van der Waals surface area contributed by atoms with Gasteiger partial charge in [-0.25, -0.2) is 0 Å². The minimum Gasteiger partial charge on any atom is -0.480 e. The number of carboxylic acids is 1.